The van der Waals surface area contributed by atoms with Gasteiger partial charge >= 0.3 is 0 Å². The van der Waals surface area contributed by atoms with Crippen molar-refractivity contribution in [3.8, 4) is 0 Å². The Balaban J connectivity index is 2.40. The first-order valence-corrected chi connectivity index (χ1v) is 7.61. The molecule has 0 aliphatic carbocycles. The lowest BCUT2D eigenvalue weighted by Crippen LogP contribution is -2.13. The average Bonchev–Trinajstić information content (AvgIpc) is 2.38. The summed E-state index contributed by atoms with van der Waals surface area (Å²) in [5, 5.41) is 8.60. The Kier molecular flexibility index (Phi) is 5.03. The third-order valence-electron chi connectivity index (χ3n) is 2.72. The van der Waals surface area contributed by atoms with Crippen LogP contribution in [0, 0.1) is 5.41 Å². The lowest BCUT2D eigenvalue weighted by Gasteiger charge is -2.08. The first-order valence-electron chi connectivity index (χ1n) is 6.41. The van der Waals surface area contributed by atoms with Gasteiger partial charge in [-0.05, 0) is 24.6 Å². The van der Waals surface area contributed by atoms with E-state index in [1.54, 1.807) is 18.2 Å². The molecule has 1 aromatic heterocycles. The highest BCUT2D eigenvalue weighted by atomic mass is 35.5. The molecule has 0 unspecified atom stereocenters. The van der Waals surface area contributed by atoms with E-state index in [0.29, 0.717) is 20.6 Å². The van der Waals surface area contributed by atoms with Crippen LogP contribution in [0.25, 0.3) is 0 Å². The van der Waals surface area contributed by atoms with Crippen molar-refractivity contribution < 1.29 is 0 Å². The van der Waals surface area contributed by atoms with Crippen molar-refractivity contribution in [3.63, 3.8) is 0 Å². The van der Waals surface area contributed by atoms with E-state index in [9.17, 15) is 4.79 Å². The molecule has 1 aromatic carbocycles. The third-order valence-corrected chi connectivity index (χ3v) is 3.90. The Hall–Kier alpha value is -1.79. The normalized spacial score (nSPS) is 10.6. The van der Waals surface area contributed by atoms with Gasteiger partial charge in [-0.2, -0.15) is 0 Å². The minimum atomic E-state index is -0.192. The Morgan fingerprint density at radius 3 is 2.90 bits per heavy atom. The molecular formula is C14H15ClN4OS. The van der Waals surface area contributed by atoms with E-state index in [0.717, 1.165) is 18.5 Å². The first-order chi connectivity index (χ1) is 9.99. The number of halogens is 1. The molecule has 0 amide bonds. The highest BCUT2D eigenvalue weighted by molar-refractivity contribution is 7.99. The molecule has 4 N–H and O–H groups in total. The number of hydrogen-bond acceptors (Lipinski definition) is 4. The third kappa shape index (κ3) is 4.09. The van der Waals surface area contributed by atoms with Crippen molar-refractivity contribution in [2.24, 2.45) is 5.73 Å². The summed E-state index contributed by atoms with van der Waals surface area (Å²) in [6.45, 7) is 2.03. The molecule has 0 aliphatic rings. The summed E-state index contributed by atoms with van der Waals surface area (Å²) in [7, 11) is 0. The number of nitrogens with two attached hydrogens (primary N) is 1. The van der Waals surface area contributed by atoms with Gasteiger partial charge in [-0.1, -0.05) is 36.7 Å². The van der Waals surface area contributed by atoms with Gasteiger partial charge in [0.05, 0.1) is 0 Å². The number of amidine groups is 1. The summed E-state index contributed by atoms with van der Waals surface area (Å²) >= 11 is 7.22. The van der Waals surface area contributed by atoms with Gasteiger partial charge in [0.25, 0.3) is 5.56 Å². The molecule has 0 saturated heterocycles. The van der Waals surface area contributed by atoms with Crippen molar-refractivity contribution in [1.29, 1.82) is 5.41 Å². The standard InChI is InChI=1S/C14H15ClN4OS/c1-2-3-9-7-12(20)19-14(18-9)21-11-6-8(15)4-5-10(11)13(16)17/h4-7H,2-3H2,1H3,(H3,16,17)(H,18,19,20). The molecule has 7 heteroatoms. The highest BCUT2D eigenvalue weighted by Crippen LogP contribution is 2.30. The molecule has 0 bridgehead atoms. The topological polar surface area (TPSA) is 95.6 Å². The molecule has 21 heavy (non-hydrogen) atoms. The summed E-state index contributed by atoms with van der Waals surface area (Å²) in [6, 6.07) is 6.56. The van der Waals surface area contributed by atoms with E-state index in [1.807, 2.05) is 6.92 Å². The van der Waals surface area contributed by atoms with Gasteiger partial charge in [-0.25, -0.2) is 4.98 Å². The van der Waals surface area contributed by atoms with Crippen LogP contribution in [0.3, 0.4) is 0 Å². The molecule has 2 rings (SSSR count). The highest BCUT2D eigenvalue weighted by Gasteiger charge is 2.10. The van der Waals surface area contributed by atoms with Gasteiger partial charge < -0.3 is 10.7 Å². The summed E-state index contributed by atoms with van der Waals surface area (Å²) < 4.78 is 0. The average molecular weight is 323 g/mol. The van der Waals surface area contributed by atoms with Gasteiger partial charge in [0.15, 0.2) is 5.16 Å². The zero-order chi connectivity index (χ0) is 15.4. The van der Waals surface area contributed by atoms with Gasteiger partial charge in [0.1, 0.15) is 5.84 Å². The van der Waals surface area contributed by atoms with Gasteiger partial charge in [0.2, 0.25) is 0 Å². The number of aromatic amines is 1. The number of nitrogen functional groups attached to an aromatic ring is 1. The van der Waals surface area contributed by atoms with Crippen LogP contribution in [0.4, 0.5) is 0 Å². The van der Waals surface area contributed by atoms with Crippen LogP contribution >= 0.6 is 23.4 Å². The lowest BCUT2D eigenvalue weighted by molar-refractivity contribution is 0.816. The van der Waals surface area contributed by atoms with E-state index in [4.69, 9.17) is 22.7 Å². The van der Waals surface area contributed by atoms with Crippen LogP contribution in [0.5, 0.6) is 0 Å². The Morgan fingerprint density at radius 1 is 1.48 bits per heavy atom. The van der Waals surface area contributed by atoms with Crippen molar-refractivity contribution >= 4 is 29.2 Å². The Bertz CT molecular complexity index is 729. The predicted octanol–water partition coefficient (Wildman–Crippen LogP) is 2.81. The van der Waals surface area contributed by atoms with Crippen molar-refractivity contribution in [2.45, 2.75) is 29.8 Å². The van der Waals surface area contributed by atoms with Gasteiger partial charge in [-0.15, -0.1) is 0 Å². The summed E-state index contributed by atoms with van der Waals surface area (Å²) in [5.74, 6) is -0.0544. The maximum absolute atomic E-state index is 11.7. The van der Waals surface area contributed by atoms with Crippen molar-refractivity contribution in [2.75, 3.05) is 0 Å². The number of nitrogens with zero attached hydrogens (tertiary/aromatic N) is 1. The molecular weight excluding hydrogens is 308 g/mol. The summed E-state index contributed by atoms with van der Waals surface area (Å²) in [5.41, 5.74) is 6.68. The molecule has 1 heterocycles. The molecule has 2 aromatic rings. The fourth-order valence-corrected chi connectivity index (χ4v) is 3.06. The smallest absolute Gasteiger partial charge is 0.251 e. The second-order valence-corrected chi connectivity index (χ2v) is 5.92. The Morgan fingerprint density at radius 2 is 2.24 bits per heavy atom. The number of hydrogen-bond donors (Lipinski definition) is 3. The maximum Gasteiger partial charge on any atom is 0.251 e. The molecule has 0 spiro atoms. The zero-order valence-electron chi connectivity index (χ0n) is 11.4. The minimum absolute atomic E-state index is 0.0544. The molecule has 5 nitrogen and oxygen atoms in total. The summed E-state index contributed by atoms with van der Waals surface area (Å²) in [6.07, 6.45) is 1.66. The Labute approximate surface area is 131 Å². The van der Waals surface area contributed by atoms with Crippen LogP contribution in [-0.4, -0.2) is 15.8 Å². The monoisotopic (exact) mass is 322 g/mol. The zero-order valence-corrected chi connectivity index (χ0v) is 13.0. The predicted molar refractivity (Wildman–Crippen MR) is 85.4 cm³/mol. The summed E-state index contributed by atoms with van der Waals surface area (Å²) in [4.78, 5) is 19.4. The molecule has 0 atom stereocenters. The van der Waals surface area contributed by atoms with Crippen LogP contribution in [0.1, 0.15) is 24.6 Å². The van der Waals surface area contributed by atoms with Crippen molar-refractivity contribution in [3.05, 3.63) is 50.9 Å². The largest absolute Gasteiger partial charge is 0.384 e. The SMILES string of the molecule is CCCc1cc(=O)[nH]c(Sc2cc(Cl)ccc2C(=N)N)n1. The minimum Gasteiger partial charge on any atom is -0.384 e. The van der Waals surface area contributed by atoms with E-state index in [2.05, 4.69) is 9.97 Å². The molecule has 110 valence electrons. The van der Waals surface area contributed by atoms with Crippen LogP contribution < -0.4 is 11.3 Å². The molecule has 0 saturated carbocycles. The van der Waals surface area contributed by atoms with Crippen LogP contribution in [0.2, 0.25) is 5.02 Å². The van der Waals surface area contributed by atoms with E-state index in [1.165, 1.54) is 17.8 Å². The fourth-order valence-electron chi connectivity index (χ4n) is 1.82. The first kappa shape index (κ1) is 15.6. The number of rotatable bonds is 5. The van der Waals surface area contributed by atoms with E-state index < -0.39 is 0 Å². The number of aryl methyl sites for hydroxylation is 1. The molecule has 0 radical (unpaired) electrons. The van der Waals surface area contributed by atoms with Crippen molar-refractivity contribution in [1.82, 2.24) is 9.97 Å². The second-order valence-electron chi connectivity index (χ2n) is 4.45. The van der Waals surface area contributed by atoms with Crippen LogP contribution in [-0.2, 0) is 6.42 Å². The van der Waals surface area contributed by atoms with E-state index >= 15 is 0 Å². The molecule has 0 aliphatic heterocycles. The number of benzene rings is 1. The maximum atomic E-state index is 11.7. The van der Waals surface area contributed by atoms with Gasteiger partial charge in [-0.3, -0.25) is 10.2 Å². The van der Waals surface area contributed by atoms with E-state index in [-0.39, 0.29) is 11.4 Å². The lowest BCUT2D eigenvalue weighted by atomic mass is 10.2. The number of nitrogens with one attached hydrogen (secondary N) is 2. The number of aromatic nitrogens is 2. The fraction of sp³-hybridized carbons (Fsp3) is 0.214. The van der Waals surface area contributed by atoms with Gasteiger partial charge in [0, 0.05) is 27.2 Å². The second kappa shape index (κ2) is 6.78. The van der Waals surface area contributed by atoms with Crippen LogP contribution in [0.15, 0.2) is 39.1 Å². The molecule has 0 fully saturated rings. The number of H-pyrrole nitrogens is 1. The quantitative estimate of drug-likeness (QED) is 0.448.